The van der Waals surface area contributed by atoms with Crippen LogP contribution in [0.2, 0.25) is 0 Å². The molecule has 35 heavy (non-hydrogen) atoms. The van der Waals surface area contributed by atoms with Gasteiger partial charge in [0.2, 0.25) is 0 Å². The molecule has 1 heterocycles. The number of ether oxygens (including phenoxy) is 2. The molecule has 2 amide bonds. The molecule has 3 aromatic rings. The highest BCUT2D eigenvalue weighted by molar-refractivity contribution is 7.99. The number of urea groups is 1. The van der Waals surface area contributed by atoms with Gasteiger partial charge in [-0.2, -0.15) is 0 Å². The SMILES string of the molecule is CCNC(=O)Nc1ccc([C@H]2O[C@@H](CSc3ccccc3)[C@@H](C)[C@@H](c3ccc(CO)cc3)O2)cc1. The first-order chi connectivity index (χ1) is 17.1. The number of rotatable bonds is 8. The molecule has 7 heteroatoms. The first kappa shape index (κ1) is 25.3. The summed E-state index contributed by atoms with van der Waals surface area (Å²) >= 11 is 1.78. The van der Waals surface area contributed by atoms with Gasteiger partial charge in [0, 0.05) is 34.4 Å². The minimum Gasteiger partial charge on any atom is -0.392 e. The van der Waals surface area contributed by atoms with Crippen LogP contribution in [-0.4, -0.2) is 29.5 Å². The van der Waals surface area contributed by atoms with Gasteiger partial charge in [0.05, 0.1) is 18.8 Å². The predicted molar refractivity (Wildman–Crippen MR) is 139 cm³/mol. The number of aliphatic hydroxyl groups excluding tert-OH is 1. The molecule has 3 aromatic carbocycles. The van der Waals surface area contributed by atoms with E-state index in [1.807, 2.05) is 73.7 Å². The van der Waals surface area contributed by atoms with Crippen molar-refractivity contribution in [3.05, 3.63) is 95.6 Å². The summed E-state index contributed by atoms with van der Waals surface area (Å²) in [6.45, 7) is 4.62. The molecule has 6 nitrogen and oxygen atoms in total. The minimum atomic E-state index is -0.534. The van der Waals surface area contributed by atoms with Crippen molar-refractivity contribution in [1.82, 2.24) is 5.32 Å². The molecule has 4 rings (SSSR count). The van der Waals surface area contributed by atoms with E-state index in [0.717, 1.165) is 22.4 Å². The highest BCUT2D eigenvalue weighted by Gasteiger charge is 2.38. The van der Waals surface area contributed by atoms with Crippen LogP contribution >= 0.6 is 11.8 Å². The van der Waals surface area contributed by atoms with Crippen LogP contribution in [0, 0.1) is 5.92 Å². The van der Waals surface area contributed by atoms with Gasteiger partial charge in [-0.1, -0.05) is 61.5 Å². The monoisotopic (exact) mass is 492 g/mol. The number of nitrogens with one attached hydrogen (secondary N) is 2. The van der Waals surface area contributed by atoms with Crippen molar-refractivity contribution in [3.8, 4) is 0 Å². The van der Waals surface area contributed by atoms with Crippen molar-refractivity contribution in [2.45, 2.75) is 43.8 Å². The third-order valence-electron chi connectivity index (χ3n) is 6.06. The summed E-state index contributed by atoms with van der Waals surface area (Å²) in [4.78, 5) is 13.0. The molecule has 0 aromatic heterocycles. The van der Waals surface area contributed by atoms with Gasteiger partial charge >= 0.3 is 6.03 Å². The van der Waals surface area contributed by atoms with Crippen LogP contribution in [0.1, 0.15) is 42.9 Å². The quantitative estimate of drug-likeness (QED) is 0.341. The van der Waals surface area contributed by atoms with Crippen molar-refractivity contribution in [3.63, 3.8) is 0 Å². The Labute approximate surface area is 211 Å². The Balaban J connectivity index is 1.54. The van der Waals surface area contributed by atoms with Crippen LogP contribution < -0.4 is 10.6 Å². The molecule has 4 atom stereocenters. The fourth-order valence-corrected chi connectivity index (χ4v) is 5.15. The molecule has 0 saturated carbocycles. The average Bonchev–Trinajstić information content (AvgIpc) is 2.89. The second-order valence-electron chi connectivity index (χ2n) is 8.55. The largest absolute Gasteiger partial charge is 0.392 e. The van der Waals surface area contributed by atoms with E-state index in [-0.39, 0.29) is 30.8 Å². The fourth-order valence-electron chi connectivity index (χ4n) is 4.06. The zero-order valence-electron chi connectivity index (χ0n) is 20.0. The molecule has 0 bridgehead atoms. The smallest absolute Gasteiger partial charge is 0.319 e. The molecule has 0 spiro atoms. The minimum absolute atomic E-state index is 0.0140. The Bertz CT molecular complexity index is 1080. The van der Waals surface area contributed by atoms with Crippen molar-refractivity contribution >= 4 is 23.5 Å². The molecule has 0 unspecified atom stereocenters. The maximum absolute atomic E-state index is 11.8. The number of hydrogen-bond donors (Lipinski definition) is 3. The number of carbonyl (C=O) groups is 1. The normalized spacial score (nSPS) is 21.9. The lowest BCUT2D eigenvalue weighted by Gasteiger charge is -2.41. The van der Waals surface area contributed by atoms with E-state index in [9.17, 15) is 9.90 Å². The predicted octanol–water partition coefficient (Wildman–Crippen LogP) is 5.90. The molecule has 0 aliphatic carbocycles. The summed E-state index contributed by atoms with van der Waals surface area (Å²) in [7, 11) is 0. The second kappa shape index (κ2) is 12.2. The van der Waals surface area contributed by atoms with Gasteiger partial charge in [-0.15, -0.1) is 11.8 Å². The number of thioether (sulfide) groups is 1. The zero-order valence-corrected chi connectivity index (χ0v) is 20.8. The summed E-state index contributed by atoms with van der Waals surface area (Å²) in [6, 6.07) is 25.6. The molecule has 1 saturated heterocycles. The maximum Gasteiger partial charge on any atom is 0.319 e. The van der Waals surface area contributed by atoms with Crippen molar-refractivity contribution in [2.75, 3.05) is 17.6 Å². The van der Waals surface area contributed by atoms with Gasteiger partial charge in [0.25, 0.3) is 0 Å². The number of anilines is 1. The number of carbonyl (C=O) groups excluding carboxylic acids is 1. The van der Waals surface area contributed by atoms with Crippen LogP contribution in [0.3, 0.4) is 0 Å². The van der Waals surface area contributed by atoms with Crippen molar-refractivity contribution < 1.29 is 19.4 Å². The number of benzene rings is 3. The summed E-state index contributed by atoms with van der Waals surface area (Å²) in [5.41, 5.74) is 3.53. The van der Waals surface area contributed by atoms with Crippen LogP contribution in [-0.2, 0) is 16.1 Å². The second-order valence-corrected chi connectivity index (χ2v) is 9.65. The van der Waals surface area contributed by atoms with E-state index in [0.29, 0.717) is 12.2 Å². The Morgan fingerprint density at radius 1 is 0.943 bits per heavy atom. The van der Waals surface area contributed by atoms with Crippen LogP contribution in [0.25, 0.3) is 0 Å². The highest BCUT2D eigenvalue weighted by Crippen LogP contribution is 2.43. The first-order valence-corrected chi connectivity index (χ1v) is 12.9. The third-order valence-corrected chi connectivity index (χ3v) is 7.16. The average molecular weight is 493 g/mol. The van der Waals surface area contributed by atoms with Crippen molar-refractivity contribution in [1.29, 1.82) is 0 Å². The molecule has 1 aliphatic heterocycles. The number of amides is 2. The fraction of sp³-hybridized carbons (Fsp3) is 0.321. The Hall–Kier alpha value is -2.84. The first-order valence-electron chi connectivity index (χ1n) is 11.9. The Morgan fingerprint density at radius 3 is 2.29 bits per heavy atom. The molecule has 0 radical (unpaired) electrons. The van der Waals surface area contributed by atoms with E-state index in [1.165, 1.54) is 4.90 Å². The lowest BCUT2D eigenvalue weighted by Crippen LogP contribution is -2.38. The standard InChI is InChI=1S/C28H32N2O4S/c1-3-29-28(32)30-23-15-13-22(14-16-23)27-33-25(18-35-24-7-5-4-6-8-24)19(2)26(34-27)21-11-9-20(17-31)10-12-21/h4-16,19,25-27,31H,3,17-18H2,1-2H3,(H2,29,30,32)/t19-,25+,26+,27+/m1/s1. The van der Waals surface area contributed by atoms with Crippen LogP contribution in [0.5, 0.6) is 0 Å². The topological polar surface area (TPSA) is 79.8 Å². The molecular weight excluding hydrogens is 460 g/mol. The molecule has 1 aliphatic rings. The van der Waals surface area contributed by atoms with Gasteiger partial charge in [-0.05, 0) is 42.3 Å². The third kappa shape index (κ3) is 6.64. The summed E-state index contributed by atoms with van der Waals surface area (Å²) in [5, 5.41) is 15.0. The van der Waals surface area contributed by atoms with E-state index >= 15 is 0 Å². The lowest BCUT2D eigenvalue weighted by atomic mass is 9.91. The summed E-state index contributed by atoms with van der Waals surface area (Å²) in [6.07, 6.45) is -0.723. The zero-order chi connectivity index (χ0) is 24.6. The van der Waals surface area contributed by atoms with E-state index in [2.05, 4.69) is 29.7 Å². The number of aliphatic hydroxyl groups is 1. The van der Waals surface area contributed by atoms with Gasteiger partial charge in [-0.3, -0.25) is 0 Å². The van der Waals surface area contributed by atoms with E-state index < -0.39 is 6.29 Å². The van der Waals surface area contributed by atoms with Gasteiger partial charge < -0.3 is 25.2 Å². The summed E-state index contributed by atoms with van der Waals surface area (Å²) < 4.78 is 13.0. The molecule has 184 valence electrons. The highest BCUT2D eigenvalue weighted by atomic mass is 32.2. The van der Waals surface area contributed by atoms with E-state index in [4.69, 9.17) is 9.47 Å². The lowest BCUT2D eigenvalue weighted by molar-refractivity contribution is -0.268. The molecule has 3 N–H and O–H groups in total. The molecular formula is C28H32N2O4S. The van der Waals surface area contributed by atoms with Gasteiger partial charge in [0.1, 0.15) is 0 Å². The van der Waals surface area contributed by atoms with Crippen LogP contribution in [0.15, 0.2) is 83.8 Å². The van der Waals surface area contributed by atoms with Crippen LogP contribution in [0.4, 0.5) is 10.5 Å². The van der Waals surface area contributed by atoms with Gasteiger partial charge in [0.15, 0.2) is 6.29 Å². The summed E-state index contributed by atoms with van der Waals surface area (Å²) in [5.74, 6) is 0.925. The van der Waals surface area contributed by atoms with E-state index in [1.54, 1.807) is 11.8 Å². The Morgan fingerprint density at radius 2 is 1.63 bits per heavy atom. The maximum atomic E-state index is 11.8. The number of hydrogen-bond acceptors (Lipinski definition) is 5. The molecule has 1 fully saturated rings. The van der Waals surface area contributed by atoms with Crippen molar-refractivity contribution in [2.24, 2.45) is 5.92 Å². The van der Waals surface area contributed by atoms with Gasteiger partial charge in [-0.25, -0.2) is 4.79 Å². The Kier molecular flexibility index (Phi) is 8.82.